The number of fused-ring (bicyclic) bond motifs is 2. The predicted molar refractivity (Wildman–Crippen MR) is 96.6 cm³/mol. The zero-order valence-corrected chi connectivity index (χ0v) is 15.9. The Labute approximate surface area is 144 Å². The SMILES string of the molecule is CC1(C)c2cc(Br)ccc2N(I)c2ccc(Br)cc21. The van der Waals surface area contributed by atoms with E-state index < -0.39 is 0 Å². The summed E-state index contributed by atoms with van der Waals surface area (Å²) in [5, 5.41) is 0. The summed E-state index contributed by atoms with van der Waals surface area (Å²) in [6.07, 6.45) is 0. The molecule has 0 saturated heterocycles. The van der Waals surface area contributed by atoms with Crippen LogP contribution in [-0.4, -0.2) is 0 Å². The Morgan fingerprint density at radius 2 is 1.32 bits per heavy atom. The van der Waals surface area contributed by atoms with Crippen LogP contribution < -0.4 is 3.11 Å². The number of halogens is 3. The van der Waals surface area contributed by atoms with Crippen LogP contribution in [0.2, 0.25) is 0 Å². The summed E-state index contributed by atoms with van der Waals surface area (Å²) in [5.74, 6) is 0. The Kier molecular flexibility index (Phi) is 3.47. The normalized spacial score (nSPS) is 15.9. The molecule has 0 radical (unpaired) electrons. The van der Waals surface area contributed by atoms with E-state index >= 15 is 0 Å². The molecule has 1 aliphatic heterocycles. The van der Waals surface area contributed by atoms with E-state index in [1.165, 1.54) is 22.5 Å². The highest BCUT2D eigenvalue weighted by atomic mass is 127. The van der Waals surface area contributed by atoms with E-state index in [0.717, 1.165) is 8.95 Å². The molecule has 1 nitrogen and oxygen atoms in total. The lowest BCUT2D eigenvalue weighted by atomic mass is 9.74. The van der Waals surface area contributed by atoms with Gasteiger partial charge in [0.05, 0.1) is 34.2 Å². The highest BCUT2D eigenvalue weighted by Gasteiger charge is 2.35. The van der Waals surface area contributed by atoms with Crippen molar-refractivity contribution in [2.75, 3.05) is 3.11 Å². The Morgan fingerprint density at radius 1 is 0.895 bits per heavy atom. The molecule has 19 heavy (non-hydrogen) atoms. The molecule has 0 N–H and O–H groups in total. The molecule has 0 unspecified atom stereocenters. The van der Waals surface area contributed by atoms with E-state index in [1.54, 1.807) is 0 Å². The fraction of sp³-hybridized carbons (Fsp3) is 0.200. The second-order valence-electron chi connectivity index (χ2n) is 5.23. The van der Waals surface area contributed by atoms with Gasteiger partial charge in [-0.1, -0.05) is 45.7 Å². The van der Waals surface area contributed by atoms with E-state index in [0.29, 0.717) is 0 Å². The van der Waals surface area contributed by atoms with Crippen LogP contribution in [0.15, 0.2) is 45.3 Å². The minimum absolute atomic E-state index is 0.000101. The van der Waals surface area contributed by atoms with Crippen LogP contribution in [0.5, 0.6) is 0 Å². The van der Waals surface area contributed by atoms with Crippen LogP contribution in [-0.2, 0) is 5.41 Å². The number of anilines is 2. The third-order valence-corrected chi connectivity index (χ3v) is 5.71. The summed E-state index contributed by atoms with van der Waals surface area (Å²) >= 11 is 9.55. The van der Waals surface area contributed by atoms with Crippen molar-refractivity contribution in [2.24, 2.45) is 0 Å². The van der Waals surface area contributed by atoms with Crippen LogP contribution in [0.3, 0.4) is 0 Å². The Bertz CT molecular complexity index is 612. The topological polar surface area (TPSA) is 3.24 Å². The quantitative estimate of drug-likeness (QED) is 0.306. The maximum atomic E-state index is 3.59. The molecule has 0 fully saturated rings. The van der Waals surface area contributed by atoms with Gasteiger partial charge in [-0.05, 0) is 47.5 Å². The van der Waals surface area contributed by atoms with Crippen LogP contribution in [0.4, 0.5) is 11.4 Å². The van der Waals surface area contributed by atoms with E-state index in [9.17, 15) is 0 Å². The molecule has 0 saturated carbocycles. The molecular weight excluding hydrogens is 481 g/mol. The molecule has 0 spiro atoms. The van der Waals surface area contributed by atoms with Crippen molar-refractivity contribution in [3.05, 3.63) is 56.5 Å². The van der Waals surface area contributed by atoms with Gasteiger partial charge in [-0.2, -0.15) is 0 Å². The first-order valence-corrected chi connectivity index (χ1v) is 8.52. The van der Waals surface area contributed by atoms with Gasteiger partial charge >= 0.3 is 0 Å². The van der Waals surface area contributed by atoms with Crippen LogP contribution in [0, 0.1) is 0 Å². The first-order valence-electron chi connectivity index (χ1n) is 5.97. The average molecular weight is 493 g/mol. The summed E-state index contributed by atoms with van der Waals surface area (Å²) in [6.45, 7) is 4.57. The third-order valence-electron chi connectivity index (χ3n) is 3.69. The minimum Gasteiger partial charge on any atom is -0.282 e. The van der Waals surface area contributed by atoms with Crippen molar-refractivity contribution < 1.29 is 0 Å². The number of hydrogen-bond donors (Lipinski definition) is 0. The first kappa shape index (κ1) is 13.9. The second kappa shape index (κ2) is 4.74. The fourth-order valence-corrected chi connectivity index (χ4v) is 4.20. The van der Waals surface area contributed by atoms with Crippen molar-refractivity contribution in [3.8, 4) is 0 Å². The first-order chi connectivity index (χ1) is 8.91. The molecule has 0 atom stereocenters. The van der Waals surface area contributed by atoms with Crippen molar-refractivity contribution in [1.82, 2.24) is 0 Å². The molecule has 4 heteroatoms. The zero-order chi connectivity index (χ0) is 13.8. The molecule has 0 aliphatic carbocycles. The van der Waals surface area contributed by atoms with Crippen LogP contribution >= 0.6 is 54.7 Å². The Morgan fingerprint density at radius 3 is 1.74 bits per heavy atom. The van der Waals surface area contributed by atoms with E-state index in [4.69, 9.17) is 0 Å². The number of rotatable bonds is 0. The monoisotopic (exact) mass is 491 g/mol. The van der Waals surface area contributed by atoms with Gasteiger partial charge < -0.3 is 0 Å². The van der Waals surface area contributed by atoms with Crippen molar-refractivity contribution >= 4 is 66.1 Å². The van der Waals surface area contributed by atoms with Crippen LogP contribution in [0.25, 0.3) is 0 Å². The van der Waals surface area contributed by atoms with Gasteiger partial charge in [0.15, 0.2) is 0 Å². The zero-order valence-electron chi connectivity index (χ0n) is 10.5. The fourth-order valence-electron chi connectivity index (χ4n) is 2.63. The number of benzene rings is 2. The Balaban J connectivity index is 2.33. The summed E-state index contributed by atoms with van der Waals surface area (Å²) in [6, 6.07) is 13.0. The van der Waals surface area contributed by atoms with Gasteiger partial charge in [0.2, 0.25) is 0 Å². The molecule has 98 valence electrons. The lowest BCUT2D eigenvalue weighted by molar-refractivity contribution is 0.634. The maximum absolute atomic E-state index is 3.59. The molecule has 0 amide bonds. The van der Waals surface area contributed by atoms with Gasteiger partial charge in [0.25, 0.3) is 0 Å². The van der Waals surface area contributed by atoms with Gasteiger partial charge in [-0.3, -0.25) is 3.11 Å². The van der Waals surface area contributed by atoms with E-state index in [-0.39, 0.29) is 5.41 Å². The lowest BCUT2D eigenvalue weighted by Crippen LogP contribution is -2.28. The van der Waals surface area contributed by atoms with Crippen molar-refractivity contribution in [2.45, 2.75) is 19.3 Å². The highest BCUT2D eigenvalue weighted by molar-refractivity contribution is 14.1. The largest absolute Gasteiger partial charge is 0.282 e. The van der Waals surface area contributed by atoms with E-state index in [1.807, 2.05) is 0 Å². The maximum Gasteiger partial charge on any atom is 0.0646 e. The smallest absolute Gasteiger partial charge is 0.0646 e. The summed E-state index contributed by atoms with van der Waals surface area (Å²) < 4.78 is 4.50. The molecule has 1 heterocycles. The summed E-state index contributed by atoms with van der Waals surface area (Å²) in [4.78, 5) is 0. The standard InChI is InChI=1S/C15H12Br2IN/c1-15(2)11-7-9(16)3-5-13(11)19(18)14-6-4-10(17)8-12(14)15/h3-8H,1-2H3. The van der Waals surface area contributed by atoms with Crippen molar-refractivity contribution in [1.29, 1.82) is 0 Å². The van der Waals surface area contributed by atoms with Gasteiger partial charge in [0, 0.05) is 14.4 Å². The second-order valence-corrected chi connectivity index (χ2v) is 8.02. The predicted octanol–water partition coefficient (Wildman–Crippen LogP) is 6.34. The average Bonchev–Trinajstić information content (AvgIpc) is 2.36. The summed E-state index contributed by atoms with van der Waals surface area (Å²) in [7, 11) is 0. The van der Waals surface area contributed by atoms with Gasteiger partial charge in [-0.25, -0.2) is 0 Å². The number of nitrogens with zero attached hydrogens (tertiary/aromatic N) is 1. The highest BCUT2D eigenvalue weighted by Crippen LogP contribution is 2.51. The molecule has 2 aromatic carbocycles. The molecular formula is C15H12Br2IN. The molecule has 0 aromatic heterocycles. The van der Waals surface area contributed by atoms with Gasteiger partial charge in [0.1, 0.15) is 0 Å². The van der Waals surface area contributed by atoms with E-state index in [2.05, 4.69) is 108 Å². The van der Waals surface area contributed by atoms with Gasteiger partial charge in [-0.15, -0.1) is 0 Å². The minimum atomic E-state index is -0.000101. The molecule has 0 bridgehead atoms. The molecule has 2 aromatic rings. The third kappa shape index (κ3) is 2.16. The lowest BCUT2D eigenvalue weighted by Gasteiger charge is -2.39. The summed E-state index contributed by atoms with van der Waals surface area (Å²) in [5.41, 5.74) is 5.23. The molecule has 1 aliphatic rings. The van der Waals surface area contributed by atoms with Crippen LogP contribution in [0.1, 0.15) is 25.0 Å². The van der Waals surface area contributed by atoms with Crippen molar-refractivity contribution in [3.63, 3.8) is 0 Å². The number of hydrogen-bond acceptors (Lipinski definition) is 1. The Hall–Kier alpha value is -0.0700. The molecule has 3 rings (SSSR count).